The summed E-state index contributed by atoms with van der Waals surface area (Å²) in [5.41, 5.74) is 6.07. The first-order chi connectivity index (χ1) is 7.52. The van der Waals surface area contributed by atoms with Crippen LogP contribution in [-0.4, -0.2) is 22.6 Å². The lowest BCUT2D eigenvalue weighted by Gasteiger charge is -2.20. The summed E-state index contributed by atoms with van der Waals surface area (Å²) < 4.78 is 6.42. The zero-order valence-electron chi connectivity index (χ0n) is 10.2. The Labute approximate surface area is 95.6 Å². The van der Waals surface area contributed by atoms with Gasteiger partial charge in [-0.1, -0.05) is 20.3 Å². The van der Waals surface area contributed by atoms with E-state index in [1.54, 1.807) is 6.33 Å². The van der Waals surface area contributed by atoms with Crippen molar-refractivity contribution in [3.63, 3.8) is 0 Å². The van der Waals surface area contributed by atoms with E-state index >= 15 is 0 Å². The minimum atomic E-state index is -0.493. The van der Waals surface area contributed by atoms with E-state index in [1.807, 2.05) is 4.57 Å². The van der Waals surface area contributed by atoms with Crippen LogP contribution in [0.4, 0.5) is 5.82 Å². The minimum Gasteiger partial charge on any atom is -0.464 e. The summed E-state index contributed by atoms with van der Waals surface area (Å²) in [5, 5.41) is 0. The third-order valence-corrected chi connectivity index (χ3v) is 3.12. The van der Waals surface area contributed by atoms with E-state index in [9.17, 15) is 4.79 Å². The first-order valence-corrected chi connectivity index (χ1v) is 5.43. The highest BCUT2D eigenvalue weighted by molar-refractivity contribution is 5.92. The molecule has 16 heavy (non-hydrogen) atoms. The number of nitrogens with zero attached hydrogens (tertiary/aromatic N) is 2. The summed E-state index contributed by atoms with van der Waals surface area (Å²) in [6.45, 7) is 6.32. The van der Waals surface area contributed by atoms with Gasteiger partial charge in [0.25, 0.3) is 0 Å². The first-order valence-electron chi connectivity index (χ1n) is 5.43. The summed E-state index contributed by atoms with van der Waals surface area (Å²) in [7, 11) is 1.32. The molecule has 1 aromatic rings. The van der Waals surface area contributed by atoms with Crippen molar-refractivity contribution < 1.29 is 9.53 Å². The fraction of sp³-hybridized carbons (Fsp3) is 0.636. The number of nitrogens with two attached hydrogens (primary N) is 1. The number of hydrogen-bond acceptors (Lipinski definition) is 4. The predicted molar refractivity (Wildman–Crippen MR) is 62.1 cm³/mol. The molecule has 5 heteroatoms. The van der Waals surface area contributed by atoms with Crippen molar-refractivity contribution in [2.75, 3.05) is 12.8 Å². The van der Waals surface area contributed by atoms with E-state index in [-0.39, 0.29) is 11.7 Å². The number of carbonyl (C=O) groups is 1. The average Bonchev–Trinajstić information content (AvgIpc) is 2.68. The van der Waals surface area contributed by atoms with Gasteiger partial charge in [-0.05, 0) is 12.8 Å². The van der Waals surface area contributed by atoms with Crippen LogP contribution in [0.1, 0.15) is 43.7 Å². The molecule has 0 aromatic carbocycles. The maximum absolute atomic E-state index is 11.3. The van der Waals surface area contributed by atoms with Gasteiger partial charge in [0, 0.05) is 6.04 Å². The number of aromatic nitrogens is 2. The Balaban J connectivity index is 3.00. The second kappa shape index (κ2) is 5.01. The van der Waals surface area contributed by atoms with E-state index in [2.05, 4.69) is 30.5 Å². The Kier molecular flexibility index (Phi) is 3.93. The van der Waals surface area contributed by atoms with Gasteiger partial charge in [0.05, 0.1) is 13.4 Å². The fourth-order valence-corrected chi connectivity index (χ4v) is 1.56. The number of imidazole rings is 1. The smallest absolute Gasteiger partial charge is 0.360 e. The second-order valence-electron chi connectivity index (χ2n) is 4.00. The van der Waals surface area contributed by atoms with Gasteiger partial charge in [0.1, 0.15) is 5.82 Å². The molecule has 5 nitrogen and oxygen atoms in total. The molecule has 2 atom stereocenters. The molecule has 0 saturated heterocycles. The fourth-order valence-electron chi connectivity index (χ4n) is 1.56. The van der Waals surface area contributed by atoms with Crippen molar-refractivity contribution in [3.05, 3.63) is 12.0 Å². The summed E-state index contributed by atoms with van der Waals surface area (Å²) in [6.07, 6.45) is 2.64. The number of anilines is 1. The van der Waals surface area contributed by atoms with Crippen LogP contribution in [0.5, 0.6) is 0 Å². The molecule has 1 rings (SSSR count). The molecule has 0 aliphatic rings. The normalized spacial score (nSPS) is 14.5. The largest absolute Gasteiger partial charge is 0.464 e. The summed E-state index contributed by atoms with van der Waals surface area (Å²) in [6, 6.07) is 0.218. The van der Waals surface area contributed by atoms with Crippen LogP contribution in [-0.2, 0) is 4.74 Å². The number of esters is 1. The molecule has 1 aromatic heterocycles. The maximum atomic E-state index is 11.3. The van der Waals surface area contributed by atoms with Crippen LogP contribution in [0, 0.1) is 5.92 Å². The number of methoxy groups -OCH3 is 1. The Hall–Kier alpha value is -1.52. The summed E-state index contributed by atoms with van der Waals surface area (Å²) in [5.74, 6) is 0.356. The van der Waals surface area contributed by atoms with Crippen molar-refractivity contribution in [3.8, 4) is 0 Å². The number of ether oxygens (including phenoxy) is 1. The Morgan fingerprint density at radius 1 is 1.62 bits per heavy atom. The average molecular weight is 225 g/mol. The van der Waals surface area contributed by atoms with E-state index in [1.165, 1.54) is 7.11 Å². The predicted octanol–water partition coefficient (Wildman–Crippen LogP) is 1.86. The topological polar surface area (TPSA) is 70.1 Å². The highest BCUT2D eigenvalue weighted by Crippen LogP contribution is 2.24. The number of carbonyl (C=O) groups excluding carboxylic acids is 1. The molecule has 0 radical (unpaired) electrons. The van der Waals surface area contributed by atoms with Gasteiger partial charge in [-0.15, -0.1) is 0 Å². The van der Waals surface area contributed by atoms with Gasteiger partial charge >= 0.3 is 5.97 Å². The highest BCUT2D eigenvalue weighted by Gasteiger charge is 2.20. The van der Waals surface area contributed by atoms with E-state index < -0.39 is 5.97 Å². The number of rotatable bonds is 4. The van der Waals surface area contributed by atoms with Crippen molar-refractivity contribution in [1.29, 1.82) is 0 Å². The van der Waals surface area contributed by atoms with E-state index in [4.69, 9.17) is 5.73 Å². The molecule has 2 N–H and O–H groups in total. The first kappa shape index (κ1) is 12.5. The van der Waals surface area contributed by atoms with Gasteiger partial charge in [0.15, 0.2) is 5.69 Å². The molecule has 2 unspecified atom stereocenters. The van der Waals surface area contributed by atoms with Gasteiger partial charge < -0.3 is 15.0 Å². The molecular formula is C11H19N3O2. The van der Waals surface area contributed by atoms with Crippen molar-refractivity contribution in [2.24, 2.45) is 5.92 Å². The molecule has 0 bridgehead atoms. The van der Waals surface area contributed by atoms with Crippen LogP contribution in [0.3, 0.4) is 0 Å². The SMILES string of the molecule is CCC(C)C(C)n1cnc(C(=O)OC)c1N. The van der Waals surface area contributed by atoms with Crippen molar-refractivity contribution in [2.45, 2.75) is 33.2 Å². The quantitative estimate of drug-likeness (QED) is 0.794. The minimum absolute atomic E-state index is 0.192. The molecule has 90 valence electrons. The van der Waals surface area contributed by atoms with E-state index in [0.717, 1.165) is 6.42 Å². The third kappa shape index (κ3) is 2.18. The molecular weight excluding hydrogens is 206 g/mol. The highest BCUT2D eigenvalue weighted by atomic mass is 16.5. The Morgan fingerprint density at radius 2 is 2.25 bits per heavy atom. The monoisotopic (exact) mass is 225 g/mol. The van der Waals surface area contributed by atoms with Gasteiger partial charge in [-0.3, -0.25) is 0 Å². The van der Waals surface area contributed by atoms with Crippen molar-refractivity contribution in [1.82, 2.24) is 9.55 Å². The third-order valence-electron chi connectivity index (χ3n) is 3.12. The molecule has 0 saturated carbocycles. The molecule has 0 amide bonds. The standard InChI is InChI=1S/C11H19N3O2/c1-5-7(2)8(3)14-6-13-9(10(14)12)11(15)16-4/h6-8H,5,12H2,1-4H3. The van der Waals surface area contributed by atoms with Crippen LogP contribution < -0.4 is 5.73 Å². The zero-order chi connectivity index (χ0) is 12.3. The number of nitrogen functional groups attached to an aromatic ring is 1. The second-order valence-corrected chi connectivity index (χ2v) is 4.00. The van der Waals surface area contributed by atoms with Crippen LogP contribution in [0.25, 0.3) is 0 Å². The van der Waals surface area contributed by atoms with E-state index in [0.29, 0.717) is 11.7 Å². The zero-order valence-corrected chi connectivity index (χ0v) is 10.2. The molecule has 0 aliphatic heterocycles. The van der Waals surface area contributed by atoms with Crippen molar-refractivity contribution >= 4 is 11.8 Å². The summed E-state index contributed by atoms with van der Waals surface area (Å²) in [4.78, 5) is 15.3. The van der Waals surface area contributed by atoms with Crippen LogP contribution >= 0.6 is 0 Å². The van der Waals surface area contributed by atoms with Gasteiger partial charge in [-0.25, -0.2) is 9.78 Å². The summed E-state index contributed by atoms with van der Waals surface area (Å²) >= 11 is 0. The van der Waals surface area contributed by atoms with Gasteiger partial charge in [-0.2, -0.15) is 0 Å². The van der Waals surface area contributed by atoms with Gasteiger partial charge in [0.2, 0.25) is 0 Å². The van der Waals surface area contributed by atoms with Crippen LogP contribution in [0.2, 0.25) is 0 Å². The molecule has 1 heterocycles. The number of hydrogen-bond donors (Lipinski definition) is 1. The molecule has 0 spiro atoms. The lowest BCUT2D eigenvalue weighted by atomic mass is 10.0. The Bertz CT molecular complexity index is 373. The molecule has 0 fully saturated rings. The lowest BCUT2D eigenvalue weighted by Crippen LogP contribution is -2.16. The van der Waals surface area contributed by atoms with Crippen LogP contribution in [0.15, 0.2) is 6.33 Å². The Morgan fingerprint density at radius 3 is 2.75 bits per heavy atom. The lowest BCUT2D eigenvalue weighted by molar-refractivity contribution is 0.0596. The maximum Gasteiger partial charge on any atom is 0.360 e. The molecule has 0 aliphatic carbocycles.